The predicted octanol–water partition coefficient (Wildman–Crippen LogP) is 1.08. The normalized spacial score (nSPS) is 10.4. The number of nitrogens with zero attached hydrogens (tertiary/aromatic N) is 1. The van der Waals surface area contributed by atoms with Gasteiger partial charge in [0.2, 0.25) is 0 Å². The van der Waals surface area contributed by atoms with Crippen molar-refractivity contribution in [2.24, 2.45) is 0 Å². The van der Waals surface area contributed by atoms with E-state index in [2.05, 4.69) is 31.6 Å². The molecule has 2 N–H and O–H groups in total. The number of carboxylic acid groups (broad SMARTS) is 1. The average Bonchev–Trinajstić information content (AvgIpc) is 2.28. The lowest BCUT2D eigenvalue weighted by molar-refractivity contribution is -0.893. The zero-order valence-electron chi connectivity index (χ0n) is 11.3. The highest BCUT2D eigenvalue weighted by molar-refractivity contribution is 5.99. The van der Waals surface area contributed by atoms with Gasteiger partial charge in [-0.25, -0.2) is 4.79 Å². The molecular weight excluding hydrogens is 244 g/mol. The van der Waals surface area contributed by atoms with Gasteiger partial charge >= 0.3 is 5.97 Å². The molecule has 0 aromatic carbocycles. The maximum absolute atomic E-state index is 11.7. The number of aliphatic carboxylic acids is 1. The minimum Gasteiger partial charge on any atom is -0.477 e. The SMILES string of the molecule is C=CC[N+](C)(CC=C)CC(=C)C(=O)NC(=C)C(=O)O. The molecule has 0 saturated carbocycles. The van der Waals surface area contributed by atoms with Crippen LogP contribution in [0.25, 0.3) is 0 Å². The van der Waals surface area contributed by atoms with E-state index in [9.17, 15) is 9.59 Å². The van der Waals surface area contributed by atoms with Crippen molar-refractivity contribution in [1.29, 1.82) is 0 Å². The highest BCUT2D eigenvalue weighted by Gasteiger charge is 2.23. The molecular formula is C14H21N2O3+. The second kappa shape index (κ2) is 7.33. The number of carbonyl (C=O) groups excluding carboxylic acids is 1. The smallest absolute Gasteiger partial charge is 0.351 e. The second-order valence-corrected chi connectivity index (χ2v) is 4.56. The first-order valence-corrected chi connectivity index (χ1v) is 5.72. The van der Waals surface area contributed by atoms with Gasteiger partial charge in [-0.1, -0.05) is 26.3 Å². The molecule has 0 aliphatic rings. The summed E-state index contributed by atoms with van der Waals surface area (Å²) in [4.78, 5) is 22.3. The molecule has 0 saturated heterocycles. The van der Waals surface area contributed by atoms with Crippen LogP contribution in [0.15, 0.2) is 49.7 Å². The summed E-state index contributed by atoms with van der Waals surface area (Å²) in [5.41, 5.74) is -0.0820. The van der Waals surface area contributed by atoms with Crippen LogP contribution in [0.3, 0.4) is 0 Å². The van der Waals surface area contributed by atoms with E-state index in [0.717, 1.165) is 0 Å². The molecule has 104 valence electrons. The summed E-state index contributed by atoms with van der Waals surface area (Å²) >= 11 is 0. The van der Waals surface area contributed by atoms with Gasteiger partial charge < -0.3 is 14.9 Å². The molecule has 0 bridgehead atoms. The summed E-state index contributed by atoms with van der Waals surface area (Å²) < 4.78 is 0.499. The lowest BCUT2D eigenvalue weighted by Gasteiger charge is -2.32. The summed E-state index contributed by atoms with van der Waals surface area (Å²) in [5.74, 6) is -1.81. The van der Waals surface area contributed by atoms with Crippen LogP contribution in [-0.4, -0.2) is 48.1 Å². The minimum atomic E-state index is -1.27. The van der Waals surface area contributed by atoms with Crippen LogP contribution in [0.4, 0.5) is 0 Å². The van der Waals surface area contributed by atoms with Crippen LogP contribution in [-0.2, 0) is 9.59 Å². The molecule has 0 unspecified atom stereocenters. The molecule has 19 heavy (non-hydrogen) atoms. The Bertz CT molecular complexity index is 414. The van der Waals surface area contributed by atoms with E-state index < -0.39 is 11.9 Å². The first kappa shape index (κ1) is 16.9. The van der Waals surface area contributed by atoms with Crippen molar-refractivity contribution in [2.45, 2.75) is 0 Å². The maximum atomic E-state index is 11.7. The second-order valence-electron chi connectivity index (χ2n) is 4.56. The van der Waals surface area contributed by atoms with E-state index in [1.54, 1.807) is 12.2 Å². The van der Waals surface area contributed by atoms with Crippen LogP contribution in [0.2, 0.25) is 0 Å². The van der Waals surface area contributed by atoms with E-state index in [1.807, 2.05) is 7.05 Å². The Labute approximate surface area is 113 Å². The average molecular weight is 265 g/mol. The van der Waals surface area contributed by atoms with Gasteiger partial charge in [0.25, 0.3) is 5.91 Å². The predicted molar refractivity (Wildman–Crippen MR) is 75.2 cm³/mol. The van der Waals surface area contributed by atoms with Gasteiger partial charge in [0, 0.05) is 0 Å². The minimum absolute atomic E-state index is 0.286. The summed E-state index contributed by atoms with van der Waals surface area (Å²) in [6.45, 7) is 16.0. The van der Waals surface area contributed by atoms with Crippen molar-refractivity contribution in [3.63, 3.8) is 0 Å². The number of hydrogen-bond donors (Lipinski definition) is 2. The van der Waals surface area contributed by atoms with Gasteiger partial charge in [0.05, 0.1) is 25.7 Å². The highest BCUT2D eigenvalue weighted by Crippen LogP contribution is 2.08. The zero-order chi connectivity index (χ0) is 15.1. The number of nitrogens with one attached hydrogen (secondary N) is 1. The Morgan fingerprint density at radius 1 is 1.21 bits per heavy atom. The molecule has 0 fully saturated rings. The molecule has 0 aliphatic heterocycles. The van der Waals surface area contributed by atoms with Crippen LogP contribution in [0.1, 0.15) is 0 Å². The number of amides is 1. The largest absolute Gasteiger partial charge is 0.477 e. The monoisotopic (exact) mass is 265 g/mol. The first-order chi connectivity index (χ1) is 8.75. The van der Waals surface area contributed by atoms with E-state index in [0.29, 0.717) is 24.1 Å². The van der Waals surface area contributed by atoms with Crippen LogP contribution >= 0.6 is 0 Å². The molecule has 0 aromatic heterocycles. The van der Waals surface area contributed by atoms with Crippen molar-refractivity contribution in [2.75, 3.05) is 26.7 Å². The van der Waals surface area contributed by atoms with Crippen LogP contribution in [0.5, 0.6) is 0 Å². The van der Waals surface area contributed by atoms with Gasteiger partial charge in [-0.2, -0.15) is 0 Å². The molecule has 0 radical (unpaired) electrons. The lowest BCUT2D eigenvalue weighted by Crippen LogP contribution is -2.47. The third-order valence-electron chi connectivity index (χ3n) is 2.56. The Morgan fingerprint density at radius 2 is 1.68 bits per heavy atom. The molecule has 1 amide bonds. The number of rotatable bonds is 9. The van der Waals surface area contributed by atoms with Crippen molar-refractivity contribution >= 4 is 11.9 Å². The Hall–Kier alpha value is -2.14. The van der Waals surface area contributed by atoms with Crippen molar-refractivity contribution in [3.05, 3.63) is 49.7 Å². The van der Waals surface area contributed by atoms with Crippen LogP contribution < -0.4 is 5.32 Å². The van der Waals surface area contributed by atoms with Crippen molar-refractivity contribution in [3.8, 4) is 0 Å². The standard InChI is InChI=1S/C14H20N2O3/c1-6-8-16(5,9-7-2)10-11(3)13(17)15-12(4)14(18)19/h6-7H,1-4,8-10H2,5H3,(H-,15,17,18,19)/p+1. The highest BCUT2D eigenvalue weighted by atomic mass is 16.4. The number of quaternary nitrogens is 1. The Morgan fingerprint density at radius 3 is 2.05 bits per heavy atom. The summed E-state index contributed by atoms with van der Waals surface area (Å²) in [7, 11) is 1.94. The lowest BCUT2D eigenvalue weighted by atomic mass is 10.2. The number of carboxylic acids is 1. The van der Waals surface area contributed by atoms with E-state index in [1.165, 1.54) is 0 Å². The molecule has 0 heterocycles. The van der Waals surface area contributed by atoms with E-state index >= 15 is 0 Å². The number of carbonyl (C=O) groups is 2. The fourth-order valence-corrected chi connectivity index (χ4v) is 1.64. The van der Waals surface area contributed by atoms with Gasteiger partial charge in [-0.15, -0.1) is 0 Å². The van der Waals surface area contributed by atoms with Gasteiger partial charge in [-0.3, -0.25) is 4.79 Å². The summed E-state index contributed by atoms with van der Waals surface area (Å²) in [6, 6.07) is 0. The van der Waals surface area contributed by atoms with Gasteiger partial charge in [0.15, 0.2) is 0 Å². The molecule has 0 spiro atoms. The summed E-state index contributed by atoms with van der Waals surface area (Å²) in [6.07, 6.45) is 3.51. The third-order valence-corrected chi connectivity index (χ3v) is 2.56. The molecule has 0 rings (SSSR count). The topological polar surface area (TPSA) is 66.4 Å². The van der Waals surface area contributed by atoms with Crippen molar-refractivity contribution in [1.82, 2.24) is 5.32 Å². The van der Waals surface area contributed by atoms with Crippen molar-refractivity contribution < 1.29 is 19.2 Å². The molecule has 0 atom stereocenters. The number of likely N-dealkylation sites (N-methyl/N-ethyl adjacent to an activating group) is 1. The quantitative estimate of drug-likeness (QED) is 0.372. The summed E-state index contributed by atoms with van der Waals surface area (Å²) in [5, 5.41) is 10.8. The zero-order valence-corrected chi connectivity index (χ0v) is 11.3. The van der Waals surface area contributed by atoms with Gasteiger partial charge in [0.1, 0.15) is 12.2 Å². The van der Waals surface area contributed by atoms with E-state index in [4.69, 9.17) is 5.11 Å². The molecule has 5 heteroatoms. The van der Waals surface area contributed by atoms with Gasteiger partial charge in [-0.05, 0) is 12.2 Å². The van der Waals surface area contributed by atoms with Crippen LogP contribution in [0, 0.1) is 0 Å². The molecule has 0 aromatic rings. The first-order valence-electron chi connectivity index (χ1n) is 5.72. The van der Waals surface area contributed by atoms with E-state index in [-0.39, 0.29) is 11.3 Å². The fraction of sp³-hybridized carbons (Fsp3) is 0.286. The Balaban J connectivity index is 4.68. The third kappa shape index (κ3) is 5.83. The maximum Gasteiger partial charge on any atom is 0.351 e. The molecule has 0 aliphatic carbocycles. The Kier molecular flexibility index (Phi) is 6.50. The number of hydrogen-bond acceptors (Lipinski definition) is 2. The molecule has 5 nitrogen and oxygen atoms in total. The fourth-order valence-electron chi connectivity index (χ4n) is 1.64.